The molecule has 0 bridgehead atoms. The predicted molar refractivity (Wildman–Crippen MR) is 88.3 cm³/mol. The minimum atomic E-state index is 0.314. The number of benzene rings is 2. The second-order valence-corrected chi connectivity index (χ2v) is 5.86. The van der Waals surface area contributed by atoms with Gasteiger partial charge in [0.2, 0.25) is 0 Å². The molecule has 0 aliphatic carbocycles. The Labute approximate surface area is 127 Å². The molecule has 1 unspecified atom stereocenters. The highest BCUT2D eigenvalue weighted by molar-refractivity contribution is 5.27. The third kappa shape index (κ3) is 4.33. The van der Waals surface area contributed by atoms with Crippen LogP contribution < -0.4 is 5.32 Å². The molecule has 21 heavy (non-hydrogen) atoms. The summed E-state index contributed by atoms with van der Waals surface area (Å²) in [5, 5.41) is 13.0. The molecule has 2 rings (SSSR count). The summed E-state index contributed by atoms with van der Waals surface area (Å²) in [4.78, 5) is 0. The third-order valence-corrected chi connectivity index (χ3v) is 3.88. The summed E-state index contributed by atoms with van der Waals surface area (Å²) in [5.41, 5.74) is 3.89. The maximum Gasteiger partial charge on any atom is 0.115 e. The van der Waals surface area contributed by atoms with Gasteiger partial charge < -0.3 is 10.4 Å². The van der Waals surface area contributed by atoms with Gasteiger partial charge in [-0.1, -0.05) is 57.2 Å². The van der Waals surface area contributed by atoms with Crippen LogP contribution in [0.4, 0.5) is 0 Å². The molecule has 2 aromatic rings. The molecule has 0 aliphatic rings. The topological polar surface area (TPSA) is 32.3 Å². The number of hydrogen-bond donors (Lipinski definition) is 2. The molecule has 0 aliphatic heterocycles. The van der Waals surface area contributed by atoms with E-state index in [9.17, 15) is 5.11 Å². The van der Waals surface area contributed by atoms with Crippen molar-refractivity contribution in [3.63, 3.8) is 0 Å². The molecule has 0 aromatic heterocycles. The SMILES string of the molecule is CCc1ccc(C(NCc2ccc(O)cc2)C(C)C)cc1. The van der Waals surface area contributed by atoms with Crippen molar-refractivity contribution in [1.82, 2.24) is 5.32 Å². The average Bonchev–Trinajstić information content (AvgIpc) is 2.49. The van der Waals surface area contributed by atoms with Crippen molar-refractivity contribution in [3.05, 3.63) is 65.2 Å². The zero-order valence-corrected chi connectivity index (χ0v) is 13.1. The highest BCUT2D eigenvalue weighted by atomic mass is 16.3. The maximum atomic E-state index is 9.33. The van der Waals surface area contributed by atoms with Crippen molar-refractivity contribution in [2.45, 2.75) is 39.8 Å². The molecular weight excluding hydrogens is 258 g/mol. The minimum absolute atomic E-state index is 0.314. The highest BCUT2D eigenvalue weighted by Crippen LogP contribution is 2.23. The van der Waals surface area contributed by atoms with Crippen LogP contribution >= 0.6 is 0 Å². The van der Waals surface area contributed by atoms with Gasteiger partial charge in [-0.2, -0.15) is 0 Å². The molecule has 0 spiro atoms. The Balaban J connectivity index is 2.06. The van der Waals surface area contributed by atoms with E-state index in [4.69, 9.17) is 0 Å². The molecule has 2 aromatic carbocycles. The van der Waals surface area contributed by atoms with E-state index in [1.165, 1.54) is 16.7 Å². The van der Waals surface area contributed by atoms with E-state index in [1.54, 1.807) is 12.1 Å². The normalized spacial score (nSPS) is 12.6. The minimum Gasteiger partial charge on any atom is -0.508 e. The van der Waals surface area contributed by atoms with Gasteiger partial charge in [0, 0.05) is 12.6 Å². The lowest BCUT2D eigenvalue weighted by Crippen LogP contribution is -2.25. The maximum absolute atomic E-state index is 9.33. The van der Waals surface area contributed by atoms with Crippen LogP contribution in [0, 0.1) is 5.92 Å². The Kier molecular flexibility index (Phi) is 5.40. The third-order valence-electron chi connectivity index (χ3n) is 3.88. The van der Waals surface area contributed by atoms with Gasteiger partial charge in [-0.25, -0.2) is 0 Å². The molecule has 2 N–H and O–H groups in total. The van der Waals surface area contributed by atoms with Crippen molar-refractivity contribution >= 4 is 0 Å². The van der Waals surface area contributed by atoms with Crippen LogP contribution in [0.1, 0.15) is 43.5 Å². The predicted octanol–water partition coefficient (Wildman–Crippen LogP) is 4.44. The van der Waals surface area contributed by atoms with Gasteiger partial charge in [-0.3, -0.25) is 0 Å². The standard InChI is InChI=1S/C19H25NO/c1-4-15-5-9-17(10-6-15)19(14(2)3)20-13-16-7-11-18(21)12-8-16/h5-12,14,19-21H,4,13H2,1-3H3. The molecule has 0 heterocycles. The Morgan fingerprint density at radius 3 is 2.00 bits per heavy atom. The summed E-state index contributed by atoms with van der Waals surface area (Å²) >= 11 is 0. The Morgan fingerprint density at radius 2 is 1.48 bits per heavy atom. The van der Waals surface area contributed by atoms with Crippen LogP contribution in [0.5, 0.6) is 5.75 Å². The van der Waals surface area contributed by atoms with Gasteiger partial charge in [0.25, 0.3) is 0 Å². The van der Waals surface area contributed by atoms with Gasteiger partial charge in [-0.15, -0.1) is 0 Å². The number of aryl methyl sites for hydroxylation is 1. The van der Waals surface area contributed by atoms with Crippen molar-refractivity contribution in [3.8, 4) is 5.75 Å². The number of rotatable bonds is 6. The average molecular weight is 283 g/mol. The zero-order chi connectivity index (χ0) is 15.2. The monoisotopic (exact) mass is 283 g/mol. The Bertz CT molecular complexity index is 543. The van der Waals surface area contributed by atoms with Crippen molar-refractivity contribution in [1.29, 1.82) is 0 Å². The van der Waals surface area contributed by atoms with Crippen LogP contribution in [0.2, 0.25) is 0 Å². The van der Waals surface area contributed by atoms with E-state index in [1.807, 2.05) is 12.1 Å². The van der Waals surface area contributed by atoms with Crippen molar-refractivity contribution < 1.29 is 5.11 Å². The summed E-state index contributed by atoms with van der Waals surface area (Å²) in [7, 11) is 0. The first kappa shape index (κ1) is 15.6. The van der Waals surface area contributed by atoms with Gasteiger partial charge in [0.15, 0.2) is 0 Å². The van der Waals surface area contributed by atoms with Crippen molar-refractivity contribution in [2.24, 2.45) is 5.92 Å². The fraction of sp³-hybridized carbons (Fsp3) is 0.368. The lowest BCUT2D eigenvalue weighted by molar-refractivity contribution is 0.410. The number of phenolic OH excluding ortho intramolecular Hbond substituents is 1. The van der Waals surface area contributed by atoms with Gasteiger partial charge in [-0.05, 0) is 41.2 Å². The molecule has 1 atom stereocenters. The molecule has 0 saturated heterocycles. The van der Waals surface area contributed by atoms with Crippen LogP contribution in [0.15, 0.2) is 48.5 Å². The van der Waals surface area contributed by atoms with E-state index in [0.29, 0.717) is 17.7 Å². The first-order chi connectivity index (χ1) is 10.1. The molecular formula is C19H25NO. The highest BCUT2D eigenvalue weighted by Gasteiger charge is 2.15. The number of aromatic hydroxyl groups is 1. The van der Waals surface area contributed by atoms with Gasteiger partial charge in [0.1, 0.15) is 5.75 Å². The largest absolute Gasteiger partial charge is 0.508 e. The quantitative estimate of drug-likeness (QED) is 0.821. The summed E-state index contributed by atoms with van der Waals surface area (Å²) < 4.78 is 0. The second kappa shape index (κ2) is 7.28. The molecule has 0 amide bonds. The van der Waals surface area contributed by atoms with E-state index < -0.39 is 0 Å². The lowest BCUT2D eigenvalue weighted by Gasteiger charge is -2.23. The van der Waals surface area contributed by atoms with Crippen molar-refractivity contribution in [2.75, 3.05) is 0 Å². The summed E-state index contributed by atoms with van der Waals surface area (Å²) in [6.07, 6.45) is 1.08. The molecule has 2 nitrogen and oxygen atoms in total. The molecule has 112 valence electrons. The molecule has 0 saturated carbocycles. The Morgan fingerprint density at radius 1 is 0.905 bits per heavy atom. The van der Waals surface area contributed by atoms with E-state index in [2.05, 4.69) is 50.4 Å². The number of hydrogen-bond acceptors (Lipinski definition) is 2. The van der Waals surface area contributed by atoms with Crippen LogP contribution in [0.3, 0.4) is 0 Å². The smallest absolute Gasteiger partial charge is 0.115 e. The first-order valence-corrected chi connectivity index (χ1v) is 7.70. The zero-order valence-electron chi connectivity index (χ0n) is 13.1. The van der Waals surface area contributed by atoms with Gasteiger partial charge in [0.05, 0.1) is 0 Å². The van der Waals surface area contributed by atoms with Crippen LogP contribution in [-0.4, -0.2) is 5.11 Å². The number of nitrogens with one attached hydrogen (secondary N) is 1. The molecule has 0 radical (unpaired) electrons. The molecule has 2 heteroatoms. The molecule has 0 fully saturated rings. The Hall–Kier alpha value is -1.80. The first-order valence-electron chi connectivity index (χ1n) is 7.70. The van der Waals surface area contributed by atoms with Gasteiger partial charge >= 0.3 is 0 Å². The fourth-order valence-electron chi connectivity index (χ4n) is 2.54. The van der Waals surface area contributed by atoms with E-state index in [0.717, 1.165) is 13.0 Å². The van der Waals surface area contributed by atoms with E-state index >= 15 is 0 Å². The lowest BCUT2D eigenvalue weighted by atomic mass is 9.94. The second-order valence-electron chi connectivity index (χ2n) is 5.86. The fourth-order valence-corrected chi connectivity index (χ4v) is 2.54. The van der Waals surface area contributed by atoms with Crippen LogP contribution in [-0.2, 0) is 13.0 Å². The summed E-state index contributed by atoms with van der Waals surface area (Å²) in [6.45, 7) is 7.46. The van der Waals surface area contributed by atoms with Crippen LogP contribution in [0.25, 0.3) is 0 Å². The summed E-state index contributed by atoms with van der Waals surface area (Å²) in [6, 6.07) is 16.6. The summed E-state index contributed by atoms with van der Waals surface area (Å²) in [5.74, 6) is 0.837. The van der Waals surface area contributed by atoms with E-state index in [-0.39, 0.29) is 0 Å². The number of phenols is 1.